The maximum Gasteiger partial charge on any atom is 0.319 e. The fourth-order valence-corrected chi connectivity index (χ4v) is 2.27. The van der Waals surface area contributed by atoms with Crippen molar-refractivity contribution in [3.63, 3.8) is 0 Å². The number of hydrogen-bond donors (Lipinski definition) is 2. The highest BCUT2D eigenvalue weighted by atomic mass is 35.5. The molecule has 0 aliphatic heterocycles. The summed E-state index contributed by atoms with van der Waals surface area (Å²) in [5.74, 6) is -0.0378. The molecule has 0 saturated heterocycles. The van der Waals surface area contributed by atoms with Crippen molar-refractivity contribution < 1.29 is 13.7 Å². The third kappa shape index (κ3) is 3.91. The largest absolute Gasteiger partial charge is 0.359 e. The number of amides is 2. The van der Waals surface area contributed by atoms with Crippen molar-refractivity contribution in [2.45, 2.75) is 6.54 Å². The number of nitrogens with zero attached hydrogens (tertiary/aromatic N) is 1. The topological polar surface area (TPSA) is 67.2 Å². The van der Waals surface area contributed by atoms with Gasteiger partial charge in [0.1, 0.15) is 11.5 Å². The summed E-state index contributed by atoms with van der Waals surface area (Å²) in [5.41, 5.74) is 1.53. The van der Waals surface area contributed by atoms with Gasteiger partial charge in [-0.05, 0) is 24.3 Å². The highest BCUT2D eigenvalue weighted by Crippen LogP contribution is 2.22. The van der Waals surface area contributed by atoms with Gasteiger partial charge in [-0.1, -0.05) is 41.0 Å². The Kier molecular flexibility index (Phi) is 4.77. The van der Waals surface area contributed by atoms with E-state index in [2.05, 4.69) is 15.8 Å². The molecular weight excluding hydrogens is 333 g/mol. The quantitative estimate of drug-likeness (QED) is 0.733. The zero-order valence-electron chi connectivity index (χ0n) is 12.4. The van der Waals surface area contributed by atoms with Crippen molar-refractivity contribution in [1.29, 1.82) is 0 Å². The average Bonchev–Trinajstić information content (AvgIpc) is 3.04. The van der Waals surface area contributed by atoms with Crippen molar-refractivity contribution in [2.75, 3.05) is 5.32 Å². The van der Waals surface area contributed by atoms with Crippen LogP contribution in [0, 0.1) is 5.82 Å². The molecule has 122 valence electrons. The van der Waals surface area contributed by atoms with Crippen LogP contribution >= 0.6 is 11.6 Å². The third-order valence-corrected chi connectivity index (χ3v) is 3.46. The minimum atomic E-state index is -0.541. The molecule has 24 heavy (non-hydrogen) atoms. The molecule has 0 bridgehead atoms. The molecule has 7 heteroatoms. The summed E-state index contributed by atoms with van der Waals surface area (Å²) >= 11 is 5.94. The molecule has 0 spiro atoms. The van der Waals surface area contributed by atoms with Crippen LogP contribution in [0.5, 0.6) is 0 Å². The lowest BCUT2D eigenvalue weighted by Crippen LogP contribution is -2.28. The van der Waals surface area contributed by atoms with Gasteiger partial charge in [-0.2, -0.15) is 0 Å². The van der Waals surface area contributed by atoms with Gasteiger partial charge in [0, 0.05) is 16.7 Å². The van der Waals surface area contributed by atoms with Gasteiger partial charge in [-0.15, -0.1) is 0 Å². The van der Waals surface area contributed by atoms with E-state index in [1.807, 2.05) is 12.1 Å². The van der Waals surface area contributed by atoms with Crippen molar-refractivity contribution >= 4 is 23.3 Å². The van der Waals surface area contributed by atoms with Gasteiger partial charge >= 0.3 is 6.03 Å². The van der Waals surface area contributed by atoms with Gasteiger partial charge in [0.25, 0.3) is 0 Å². The predicted octanol–water partition coefficient (Wildman–Crippen LogP) is 4.46. The standard InChI is InChI=1S/C17H13ClFN3O2/c18-12-5-3-4-11(8-12)16-9-13(24-22-16)10-20-17(23)21-15-7-2-1-6-14(15)19/h1-9H,10H2,(H2,20,21,23). The molecule has 3 aromatic rings. The van der Waals surface area contributed by atoms with Crippen LogP contribution in [-0.2, 0) is 6.54 Å². The molecule has 0 saturated carbocycles. The average molecular weight is 346 g/mol. The van der Waals surface area contributed by atoms with E-state index in [0.29, 0.717) is 16.5 Å². The molecule has 2 N–H and O–H groups in total. The van der Waals surface area contributed by atoms with E-state index in [-0.39, 0.29) is 12.2 Å². The smallest absolute Gasteiger partial charge is 0.319 e. The van der Waals surface area contributed by atoms with Crippen molar-refractivity contribution in [3.8, 4) is 11.3 Å². The van der Waals surface area contributed by atoms with E-state index in [0.717, 1.165) is 5.56 Å². The van der Waals surface area contributed by atoms with Crippen LogP contribution in [0.1, 0.15) is 5.76 Å². The number of hydrogen-bond acceptors (Lipinski definition) is 3. The van der Waals surface area contributed by atoms with Gasteiger partial charge in [0.05, 0.1) is 12.2 Å². The van der Waals surface area contributed by atoms with Crippen LogP contribution in [0.2, 0.25) is 5.02 Å². The fraction of sp³-hybridized carbons (Fsp3) is 0.0588. The fourth-order valence-electron chi connectivity index (χ4n) is 2.08. The Morgan fingerprint density at radius 1 is 1.17 bits per heavy atom. The second kappa shape index (κ2) is 7.14. The van der Waals surface area contributed by atoms with E-state index in [1.54, 1.807) is 30.3 Å². The Balaban J connectivity index is 1.59. The van der Waals surface area contributed by atoms with E-state index < -0.39 is 11.8 Å². The number of anilines is 1. The molecule has 0 aliphatic rings. The van der Waals surface area contributed by atoms with E-state index in [9.17, 15) is 9.18 Å². The lowest BCUT2D eigenvalue weighted by molar-refractivity contribution is 0.250. The lowest BCUT2D eigenvalue weighted by Gasteiger charge is -2.06. The Morgan fingerprint density at radius 3 is 2.79 bits per heavy atom. The number of benzene rings is 2. The summed E-state index contributed by atoms with van der Waals surface area (Å²) in [6.07, 6.45) is 0. The first kappa shape index (κ1) is 16.0. The van der Waals surface area contributed by atoms with Crippen LogP contribution in [0.15, 0.2) is 59.1 Å². The van der Waals surface area contributed by atoms with Gasteiger partial charge in [0.2, 0.25) is 0 Å². The van der Waals surface area contributed by atoms with E-state index >= 15 is 0 Å². The molecule has 0 unspecified atom stereocenters. The summed E-state index contributed by atoms with van der Waals surface area (Å²) in [5, 5.41) is 9.53. The van der Waals surface area contributed by atoms with Crippen molar-refractivity contribution in [3.05, 3.63) is 71.2 Å². The van der Waals surface area contributed by atoms with Gasteiger partial charge in [-0.3, -0.25) is 0 Å². The van der Waals surface area contributed by atoms with Gasteiger partial charge in [0.15, 0.2) is 5.76 Å². The summed E-state index contributed by atoms with van der Waals surface area (Å²) in [6.45, 7) is 0.119. The molecule has 0 atom stereocenters. The molecule has 5 nitrogen and oxygen atoms in total. The number of urea groups is 1. The maximum atomic E-state index is 13.5. The zero-order valence-corrected chi connectivity index (χ0v) is 13.2. The molecule has 1 heterocycles. The first-order valence-corrected chi connectivity index (χ1v) is 7.50. The molecule has 0 radical (unpaired) electrons. The van der Waals surface area contributed by atoms with Gasteiger partial charge < -0.3 is 15.2 Å². The highest BCUT2D eigenvalue weighted by molar-refractivity contribution is 6.30. The molecule has 0 aliphatic carbocycles. The monoisotopic (exact) mass is 345 g/mol. The number of halogens is 2. The molecule has 1 aromatic heterocycles. The minimum absolute atomic E-state index is 0.104. The van der Waals surface area contributed by atoms with Crippen LogP contribution < -0.4 is 10.6 Å². The number of nitrogens with one attached hydrogen (secondary N) is 2. The van der Waals surface area contributed by atoms with Crippen LogP contribution in [0.25, 0.3) is 11.3 Å². The Morgan fingerprint density at radius 2 is 2.00 bits per heavy atom. The number of para-hydroxylation sites is 1. The first-order valence-electron chi connectivity index (χ1n) is 7.13. The summed E-state index contributed by atoms with van der Waals surface area (Å²) < 4.78 is 18.6. The molecular formula is C17H13ClFN3O2. The Hall–Kier alpha value is -2.86. The second-order valence-corrected chi connectivity index (χ2v) is 5.41. The number of carbonyl (C=O) groups is 1. The summed E-state index contributed by atoms with van der Waals surface area (Å²) in [4.78, 5) is 11.8. The van der Waals surface area contributed by atoms with Crippen molar-refractivity contribution in [2.24, 2.45) is 0 Å². The highest BCUT2D eigenvalue weighted by Gasteiger charge is 2.10. The maximum absolute atomic E-state index is 13.5. The summed E-state index contributed by atoms with van der Waals surface area (Å²) in [6, 6.07) is 14.3. The van der Waals surface area contributed by atoms with E-state index in [4.69, 9.17) is 16.1 Å². The SMILES string of the molecule is O=C(NCc1cc(-c2cccc(Cl)c2)no1)Nc1ccccc1F. The molecule has 3 rings (SSSR count). The summed E-state index contributed by atoms with van der Waals surface area (Å²) in [7, 11) is 0. The third-order valence-electron chi connectivity index (χ3n) is 3.22. The molecule has 0 fully saturated rings. The number of rotatable bonds is 4. The van der Waals surface area contributed by atoms with Crippen LogP contribution in [-0.4, -0.2) is 11.2 Å². The van der Waals surface area contributed by atoms with Gasteiger partial charge in [-0.25, -0.2) is 9.18 Å². The van der Waals surface area contributed by atoms with Crippen LogP contribution in [0.3, 0.4) is 0 Å². The first-order chi connectivity index (χ1) is 11.6. The van der Waals surface area contributed by atoms with Crippen LogP contribution in [0.4, 0.5) is 14.9 Å². The lowest BCUT2D eigenvalue weighted by atomic mass is 10.1. The number of aromatic nitrogens is 1. The Labute approximate surface area is 142 Å². The minimum Gasteiger partial charge on any atom is -0.359 e. The normalized spacial score (nSPS) is 10.4. The predicted molar refractivity (Wildman–Crippen MR) is 89.2 cm³/mol. The number of carbonyl (C=O) groups excluding carboxylic acids is 1. The van der Waals surface area contributed by atoms with E-state index in [1.165, 1.54) is 12.1 Å². The Bertz CT molecular complexity index is 866. The molecule has 2 amide bonds. The van der Waals surface area contributed by atoms with Crippen molar-refractivity contribution in [1.82, 2.24) is 10.5 Å². The zero-order chi connectivity index (χ0) is 16.9. The second-order valence-electron chi connectivity index (χ2n) is 4.98. The molecule has 2 aromatic carbocycles.